The Labute approximate surface area is 335 Å². The zero-order valence-electron chi connectivity index (χ0n) is 33.2. The molecule has 1 amide bonds. The van der Waals surface area contributed by atoms with Gasteiger partial charge in [0, 0.05) is 29.7 Å². The van der Waals surface area contributed by atoms with Gasteiger partial charge in [-0.1, -0.05) is 72.8 Å². The van der Waals surface area contributed by atoms with E-state index < -0.39 is 44.3 Å². The highest BCUT2D eigenvalue weighted by molar-refractivity contribution is 7.44. The molecule has 1 aliphatic carbocycles. The van der Waals surface area contributed by atoms with Crippen LogP contribution in [0.4, 0.5) is 18.9 Å². The van der Waals surface area contributed by atoms with E-state index in [1.54, 1.807) is 32.4 Å². The van der Waals surface area contributed by atoms with E-state index in [-0.39, 0.29) is 50.2 Å². The predicted molar refractivity (Wildman–Crippen MR) is 215 cm³/mol. The van der Waals surface area contributed by atoms with Crippen molar-refractivity contribution in [3.63, 3.8) is 0 Å². The standard InChI is InChI=1S/C44H51F3N3O6P/c1-31(2)50(32(3)4)57(55-27-13-26-48)56-41-29-38(49(42(51)44(45,46)47)37-16-11-8-12-17-37)28-33(41)30-54-43(34-14-9-7-10-15-34,35-18-22-39(52-5)23-19-35)36-20-24-40(53-6)25-21-36/h7-12,14-25,31-33,38,41H,13,27-30H2,1-6H3/t33-,38-,41+,57?/m1/s1. The summed E-state index contributed by atoms with van der Waals surface area (Å²) in [5.74, 6) is -1.15. The molecule has 4 atom stereocenters. The van der Waals surface area contributed by atoms with Crippen LogP contribution in [0, 0.1) is 17.2 Å². The van der Waals surface area contributed by atoms with E-state index in [2.05, 4.69) is 10.7 Å². The van der Waals surface area contributed by atoms with Crippen molar-refractivity contribution in [3.05, 3.63) is 126 Å². The molecule has 13 heteroatoms. The second-order valence-corrected chi connectivity index (χ2v) is 15.8. The van der Waals surface area contributed by atoms with E-state index in [1.807, 2.05) is 107 Å². The van der Waals surface area contributed by atoms with E-state index >= 15 is 0 Å². The van der Waals surface area contributed by atoms with E-state index in [9.17, 15) is 23.2 Å². The summed E-state index contributed by atoms with van der Waals surface area (Å²) in [4.78, 5) is 14.1. The number of alkyl halides is 3. The molecule has 1 aliphatic rings. The lowest BCUT2D eigenvalue weighted by atomic mass is 9.79. The summed E-state index contributed by atoms with van der Waals surface area (Å²) in [6.45, 7) is 8.21. The molecular formula is C44H51F3N3O6P. The first-order valence-corrected chi connectivity index (χ1v) is 20.2. The van der Waals surface area contributed by atoms with Crippen molar-refractivity contribution in [2.75, 3.05) is 32.3 Å². The number of para-hydroxylation sites is 1. The number of amides is 1. The van der Waals surface area contributed by atoms with Gasteiger partial charge in [0.15, 0.2) is 0 Å². The summed E-state index contributed by atoms with van der Waals surface area (Å²) in [5, 5.41) is 9.33. The molecule has 0 bridgehead atoms. The number of carbonyl (C=O) groups is 1. The van der Waals surface area contributed by atoms with Gasteiger partial charge in [-0.3, -0.25) is 4.79 Å². The first-order valence-electron chi connectivity index (χ1n) is 19.0. The summed E-state index contributed by atoms with van der Waals surface area (Å²) in [7, 11) is 1.40. The number of carbonyl (C=O) groups excluding carboxylic acids is 1. The minimum atomic E-state index is -5.12. The smallest absolute Gasteiger partial charge is 0.471 e. The molecule has 304 valence electrons. The molecule has 0 saturated heterocycles. The van der Waals surface area contributed by atoms with Crippen LogP contribution in [-0.2, 0) is 24.2 Å². The Morgan fingerprint density at radius 1 is 0.789 bits per heavy atom. The Balaban J connectivity index is 1.63. The van der Waals surface area contributed by atoms with Crippen LogP contribution >= 0.6 is 8.53 Å². The fourth-order valence-corrected chi connectivity index (χ4v) is 9.30. The third-order valence-corrected chi connectivity index (χ3v) is 12.2. The number of nitriles is 1. The Morgan fingerprint density at radius 2 is 1.30 bits per heavy atom. The van der Waals surface area contributed by atoms with E-state index in [0.29, 0.717) is 11.5 Å². The van der Waals surface area contributed by atoms with Gasteiger partial charge < -0.3 is 28.2 Å². The van der Waals surface area contributed by atoms with E-state index in [4.69, 9.17) is 23.3 Å². The second kappa shape index (κ2) is 19.8. The second-order valence-electron chi connectivity index (χ2n) is 14.4. The van der Waals surface area contributed by atoms with Crippen molar-refractivity contribution in [1.29, 1.82) is 5.26 Å². The largest absolute Gasteiger partial charge is 0.497 e. The molecule has 1 fully saturated rings. The van der Waals surface area contributed by atoms with Gasteiger partial charge in [-0.2, -0.15) is 18.4 Å². The van der Waals surface area contributed by atoms with Crippen molar-refractivity contribution in [3.8, 4) is 17.6 Å². The fourth-order valence-electron chi connectivity index (χ4n) is 7.51. The molecule has 0 N–H and O–H groups in total. The zero-order valence-corrected chi connectivity index (χ0v) is 34.1. The molecule has 4 aromatic carbocycles. The van der Waals surface area contributed by atoms with Gasteiger partial charge in [-0.25, -0.2) is 4.67 Å². The number of hydrogen-bond acceptors (Lipinski definition) is 8. The van der Waals surface area contributed by atoms with Crippen molar-refractivity contribution in [2.45, 2.75) is 83.0 Å². The molecule has 4 aromatic rings. The monoisotopic (exact) mass is 805 g/mol. The number of ether oxygens (including phenoxy) is 3. The third kappa shape index (κ3) is 10.3. The van der Waals surface area contributed by atoms with Crippen LogP contribution in [0.2, 0.25) is 0 Å². The van der Waals surface area contributed by atoms with Crippen LogP contribution in [0.5, 0.6) is 11.5 Å². The number of benzene rings is 4. The Morgan fingerprint density at radius 3 is 1.77 bits per heavy atom. The molecule has 1 unspecified atom stereocenters. The van der Waals surface area contributed by atoms with Crippen molar-refractivity contribution >= 4 is 20.1 Å². The summed E-state index contributed by atoms with van der Waals surface area (Å²) >= 11 is 0. The van der Waals surface area contributed by atoms with Gasteiger partial charge in [0.1, 0.15) is 17.1 Å². The molecule has 0 heterocycles. The van der Waals surface area contributed by atoms with Crippen molar-refractivity contribution in [2.24, 2.45) is 5.92 Å². The van der Waals surface area contributed by atoms with Gasteiger partial charge in [-0.15, -0.1) is 0 Å². The van der Waals surface area contributed by atoms with Crippen molar-refractivity contribution < 1.29 is 41.2 Å². The number of halogens is 3. The first-order chi connectivity index (χ1) is 27.3. The molecule has 1 saturated carbocycles. The maximum absolute atomic E-state index is 14.4. The van der Waals surface area contributed by atoms with E-state index in [0.717, 1.165) is 21.6 Å². The SMILES string of the molecule is COc1ccc(C(OC[C@H]2C[C@@H](N(C(=O)C(F)(F)F)c3ccccc3)C[C@@H]2OP(OCCC#N)N(C(C)C)C(C)C)(c2ccccc2)c2ccc(OC)cc2)cc1. The zero-order chi connectivity index (χ0) is 41.2. The molecule has 5 rings (SSSR count). The molecule has 9 nitrogen and oxygen atoms in total. The number of anilines is 1. The van der Waals surface area contributed by atoms with Gasteiger partial charge in [0.05, 0.1) is 46.0 Å². The minimum absolute atomic E-state index is 0.0198. The Bertz CT molecular complexity index is 1840. The molecule has 0 aromatic heterocycles. The van der Waals surface area contributed by atoms with Gasteiger partial charge in [0.25, 0.3) is 8.53 Å². The maximum atomic E-state index is 14.4. The van der Waals surface area contributed by atoms with Gasteiger partial charge >= 0.3 is 12.1 Å². The van der Waals surface area contributed by atoms with Crippen molar-refractivity contribution in [1.82, 2.24) is 4.67 Å². The highest BCUT2D eigenvalue weighted by Crippen LogP contribution is 2.52. The van der Waals surface area contributed by atoms with Crippen LogP contribution in [0.15, 0.2) is 109 Å². The van der Waals surface area contributed by atoms with Crippen LogP contribution in [0.25, 0.3) is 0 Å². The first kappa shape index (κ1) is 43.6. The number of methoxy groups -OCH3 is 2. The lowest BCUT2D eigenvalue weighted by Gasteiger charge is -2.39. The number of rotatable bonds is 18. The van der Waals surface area contributed by atoms with E-state index in [1.165, 1.54) is 12.1 Å². The Hall–Kier alpha value is -4.50. The van der Waals surface area contributed by atoms with Gasteiger partial charge in [-0.05, 0) is 93.6 Å². The Kier molecular flexibility index (Phi) is 15.1. The average molecular weight is 806 g/mol. The normalized spacial score (nSPS) is 17.8. The summed E-state index contributed by atoms with van der Waals surface area (Å²) in [5.41, 5.74) is 1.33. The highest BCUT2D eigenvalue weighted by Gasteiger charge is 2.50. The lowest BCUT2D eigenvalue weighted by Crippen LogP contribution is -2.47. The molecule has 0 radical (unpaired) electrons. The highest BCUT2D eigenvalue weighted by atomic mass is 31.2. The maximum Gasteiger partial charge on any atom is 0.471 e. The molecule has 57 heavy (non-hydrogen) atoms. The van der Waals surface area contributed by atoms with Crippen LogP contribution in [-0.4, -0.2) is 68.4 Å². The van der Waals surface area contributed by atoms with Crippen LogP contribution in [0.3, 0.4) is 0 Å². The molecule has 0 aliphatic heterocycles. The number of nitrogens with zero attached hydrogens (tertiary/aromatic N) is 3. The van der Waals surface area contributed by atoms with Crippen LogP contribution < -0.4 is 14.4 Å². The van der Waals surface area contributed by atoms with Gasteiger partial charge in [0.2, 0.25) is 0 Å². The summed E-state index contributed by atoms with van der Waals surface area (Å²) in [6, 6.07) is 34.0. The predicted octanol–water partition coefficient (Wildman–Crippen LogP) is 10.0. The topological polar surface area (TPSA) is 93.5 Å². The summed E-state index contributed by atoms with van der Waals surface area (Å²) in [6.07, 6.45) is -5.46. The summed E-state index contributed by atoms with van der Waals surface area (Å²) < 4.78 is 76.6. The third-order valence-electron chi connectivity index (χ3n) is 10.0. The molecular weight excluding hydrogens is 754 g/mol. The minimum Gasteiger partial charge on any atom is -0.497 e. The quantitative estimate of drug-likeness (QED) is 0.0558. The van der Waals surface area contributed by atoms with Crippen LogP contribution in [0.1, 0.15) is 63.6 Å². The average Bonchev–Trinajstić information content (AvgIpc) is 3.60. The molecule has 0 spiro atoms. The lowest BCUT2D eigenvalue weighted by molar-refractivity contribution is -0.171. The fraction of sp³-hybridized carbons (Fsp3) is 0.409. The number of hydrogen-bond donors (Lipinski definition) is 0.